The topological polar surface area (TPSA) is 89.8 Å². The molecular weight excluding hydrogens is 362 g/mol. The van der Waals surface area contributed by atoms with Crippen LogP contribution >= 0.6 is 11.8 Å². The van der Waals surface area contributed by atoms with Crippen molar-refractivity contribution in [2.75, 3.05) is 5.32 Å². The second kappa shape index (κ2) is 8.13. The summed E-state index contributed by atoms with van der Waals surface area (Å²) in [4.78, 5) is 23.8. The van der Waals surface area contributed by atoms with E-state index in [1.807, 2.05) is 38.1 Å². The lowest BCUT2D eigenvalue weighted by Gasteiger charge is -2.11. The van der Waals surface area contributed by atoms with Gasteiger partial charge in [-0.15, -0.1) is 5.10 Å². The van der Waals surface area contributed by atoms with Gasteiger partial charge < -0.3 is 5.32 Å². The maximum Gasteiger partial charge on any atom is 0.221 e. The molecule has 0 aliphatic rings. The second-order valence-electron chi connectivity index (χ2n) is 6.10. The maximum absolute atomic E-state index is 12.7. The highest BCUT2D eigenvalue weighted by atomic mass is 32.2. The number of amides is 1. The predicted molar refractivity (Wildman–Crippen MR) is 104 cm³/mol. The van der Waals surface area contributed by atoms with Crippen molar-refractivity contribution in [2.24, 2.45) is 0 Å². The molecular formula is C19H19N5O2S. The van der Waals surface area contributed by atoms with Gasteiger partial charge in [0.1, 0.15) is 0 Å². The van der Waals surface area contributed by atoms with Gasteiger partial charge in [-0.25, -0.2) is 0 Å². The summed E-state index contributed by atoms with van der Waals surface area (Å²) in [5.74, 6) is -0.186. The summed E-state index contributed by atoms with van der Waals surface area (Å²) in [7, 11) is 0. The summed E-state index contributed by atoms with van der Waals surface area (Å²) >= 11 is 1.30. The molecule has 0 fully saturated rings. The van der Waals surface area contributed by atoms with Crippen molar-refractivity contribution < 1.29 is 9.59 Å². The predicted octanol–water partition coefficient (Wildman–Crippen LogP) is 3.29. The number of aromatic nitrogens is 4. The molecule has 1 amide bonds. The zero-order valence-electron chi connectivity index (χ0n) is 15.2. The molecule has 3 rings (SSSR count). The highest BCUT2D eigenvalue weighted by molar-refractivity contribution is 8.00. The third kappa shape index (κ3) is 4.59. The molecule has 8 heteroatoms. The average molecular weight is 381 g/mol. The van der Waals surface area contributed by atoms with E-state index in [1.165, 1.54) is 18.7 Å². The van der Waals surface area contributed by atoms with Crippen LogP contribution in [0, 0.1) is 6.92 Å². The van der Waals surface area contributed by atoms with Gasteiger partial charge in [0.25, 0.3) is 0 Å². The van der Waals surface area contributed by atoms with Crippen molar-refractivity contribution >= 4 is 29.1 Å². The molecule has 2 aromatic carbocycles. The molecule has 0 radical (unpaired) electrons. The Morgan fingerprint density at radius 3 is 2.56 bits per heavy atom. The van der Waals surface area contributed by atoms with E-state index >= 15 is 0 Å². The zero-order valence-corrected chi connectivity index (χ0v) is 16.0. The van der Waals surface area contributed by atoms with Crippen LogP contribution < -0.4 is 5.32 Å². The van der Waals surface area contributed by atoms with E-state index < -0.39 is 0 Å². The average Bonchev–Trinajstić information content (AvgIpc) is 3.09. The number of carbonyl (C=O) groups is 2. The smallest absolute Gasteiger partial charge is 0.221 e. The molecule has 0 saturated heterocycles. The number of ketones is 1. The van der Waals surface area contributed by atoms with Crippen molar-refractivity contribution in [3.63, 3.8) is 0 Å². The molecule has 138 valence electrons. The van der Waals surface area contributed by atoms with Gasteiger partial charge in [-0.1, -0.05) is 23.9 Å². The maximum atomic E-state index is 12.7. The van der Waals surface area contributed by atoms with Crippen LogP contribution in [0.1, 0.15) is 29.8 Å². The molecule has 1 atom stereocenters. The highest BCUT2D eigenvalue weighted by Crippen LogP contribution is 2.26. The van der Waals surface area contributed by atoms with Gasteiger partial charge in [-0.3, -0.25) is 9.59 Å². The number of benzene rings is 2. The standard InChI is InChI=1S/C19H19N5O2S/c1-12-5-4-6-17(11-12)24-19(21-22-23-24)27-13(2)18(26)15-7-9-16(10-8-15)20-14(3)25/h4-11,13H,1-3H3,(H,20,25). The van der Waals surface area contributed by atoms with Crippen LogP contribution in [0.2, 0.25) is 0 Å². The third-order valence-corrected chi connectivity index (χ3v) is 4.86. The van der Waals surface area contributed by atoms with E-state index in [0.29, 0.717) is 16.4 Å². The van der Waals surface area contributed by atoms with Crippen molar-refractivity contribution in [1.82, 2.24) is 20.2 Å². The van der Waals surface area contributed by atoms with E-state index in [2.05, 4.69) is 20.8 Å². The minimum atomic E-state index is -0.369. The first-order valence-corrected chi connectivity index (χ1v) is 9.26. The number of hydrogen-bond donors (Lipinski definition) is 1. The van der Waals surface area contributed by atoms with E-state index in [1.54, 1.807) is 28.9 Å². The van der Waals surface area contributed by atoms with Crippen LogP contribution in [0.25, 0.3) is 5.69 Å². The summed E-state index contributed by atoms with van der Waals surface area (Å²) in [6.45, 7) is 5.26. The monoisotopic (exact) mass is 381 g/mol. The quantitative estimate of drug-likeness (QED) is 0.520. The Bertz CT molecular complexity index is 968. The lowest BCUT2D eigenvalue weighted by molar-refractivity contribution is -0.114. The first-order valence-electron chi connectivity index (χ1n) is 8.38. The van der Waals surface area contributed by atoms with Gasteiger partial charge in [0.05, 0.1) is 10.9 Å². The zero-order chi connectivity index (χ0) is 19.4. The highest BCUT2D eigenvalue weighted by Gasteiger charge is 2.20. The van der Waals surface area contributed by atoms with Gasteiger partial charge in [0, 0.05) is 18.2 Å². The molecule has 0 saturated carbocycles. The van der Waals surface area contributed by atoms with Crippen molar-refractivity contribution in [1.29, 1.82) is 0 Å². The lowest BCUT2D eigenvalue weighted by Crippen LogP contribution is -2.15. The lowest BCUT2D eigenvalue weighted by atomic mass is 10.1. The van der Waals surface area contributed by atoms with Crippen LogP contribution in [-0.4, -0.2) is 37.1 Å². The van der Waals surface area contributed by atoms with Crippen LogP contribution in [-0.2, 0) is 4.79 Å². The largest absolute Gasteiger partial charge is 0.326 e. The second-order valence-corrected chi connectivity index (χ2v) is 7.40. The minimum Gasteiger partial charge on any atom is -0.326 e. The molecule has 1 heterocycles. The van der Waals surface area contributed by atoms with Crippen LogP contribution in [0.15, 0.2) is 53.7 Å². The number of nitrogens with one attached hydrogen (secondary N) is 1. The number of aryl methyl sites for hydroxylation is 1. The number of rotatable bonds is 6. The molecule has 0 aliphatic carbocycles. The molecule has 1 N–H and O–H groups in total. The fourth-order valence-corrected chi connectivity index (χ4v) is 3.43. The molecule has 7 nitrogen and oxygen atoms in total. The Morgan fingerprint density at radius 1 is 1.15 bits per heavy atom. The SMILES string of the molecule is CC(=O)Nc1ccc(C(=O)C(C)Sc2nnnn2-c2cccc(C)c2)cc1. The Balaban J connectivity index is 1.74. The Hall–Kier alpha value is -3.00. The van der Waals surface area contributed by atoms with Crippen LogP contribution in [0.4, 0.5) is 5.69 Å². The first kappa shape index (κ1) is 18.8. The molecule has 0 aliphatic heterocycles. The van der Waals surface area contributed by atoms with Crippen molar-refractivity contribution in [2.45, 2.75) is 31.2 Å². The first-order chi connectivity index (χ1) is 12.9. The van der Waals surface area contributed by atoms with E-state index in [-0.39, 0.29) is 16.9 Å². The number of nitrogens with zero attached hydrogens (tertiary/aromatic N) is 4. The molecule has 0 bridgehead atoms. The van der Waals surface area contributed by atoms with Crippen molar-refractivity contribution in [3.05, 3.63) is 59.7 Å². The van der Waals surface area contributed by atoms with Crippen molar-refractivity contribution in [3.8, 4) is 5.69 Å². The fraction of sp³-hybridized carbons (Fsp3) is 0.211. The normalized spacial score (nSPS) is 11.8. The fourth-order valence-electron chi connectivity index (χ4n) is 2.54. The Kier molecular flexibility index (Phi) is 5.66. The van der Waals surface area contributed by atoms with E-state index in [4.69, 9.17) is 0 Å². The number of Topliss-reactive ketones (excluding diaryl/α,β-unsaturated/α-hetero) is 1. The summed E-state index contributed by atoms with van der Waals surface area (Å²) < 4.78 is 1.63. The van der Waals surface area contributed by atoms with Crippen LogP contribution in [0.5, 0.6) is 0 Å². The Morgan fingerprint density at radius 2 is 1.89 bits per heavy atom. The van der Waals surface area contributed by atoms with Crippen LogP contribution in [0.3, 0.4) is 0 Å². The van der Waals surface area contributed by atoms with E-state index in [0.717, 1.165) is 11.3 Å². The molecule has 1 aromatic heterocycles. The summed E-state index contributed by atoms with van der Waals surface area (Å²) in [5.41, 5.74) is 3.17. The number of tetrazole rings is 1. The Labute approximate surface area is 161 Å². The van der Waals surface area contributed by atoms with Gasteiger partial charge in [0.15, 0.2) is 5.78 Å². The van der Waals surface area contributed by atoms with Gasteiger partial charge in [-0.05, 0) is 66.2 Å². The number of carbonyl (C=O) groups excluding carboxylic acids is 2. The number of anilines is 1. The minimum absolute atomic E-state index is 0.0341. The molecule has 27 heavy (non-hydrogen) atoms. The summed E-state index contributed by atoms with van der Waals surface area (Å²) in [6.07, 6.45) is 0. The summed E-state index contributed by atoms with van der Waals surface area (Å²) in [5, 5.41) is 14.7. The van der Waals surface area contributed by atoms with E-state index in [9.17, 15) is 9.59 Å². The molecule has 1 unspecified atom stereocenters. The summed E-state index contributed by atoms with van der Waals surface area (Å²) in [6, 6.07) is 14.7. The third-order valence-electron chi connectivity index (χ3n) is 3.83. The van der Waals surface area contributed by atoms with Gasteiger partial charge >= 0.3 is 0 Å². The molecule has 0 spiro atoms. The number of thioether (sulfide) groups is 1. The molecule has 3 aromatic rings. The van der Waals surface area contributed by atoms with Gasteiger partial charge in [-0.2, -0.15) is 4.68 Å². The van der Waals surface area contributed by atoms with Gasteiger partial charge in [0.2, 0.25) is 11.1 Å². The number of hydrogen-bond acceptors (Lipinski definition) is 6.